The Hall–Kier alpha value is -2.80. The molecule has 0 atom stereocenters. The molecule has 0 bridgehead atoms. The summed E-state index contributed by atoms with van der Waals surface area (Å²) in [6.07, 6.45) is 4.62. The van der Waals surface area contributed by atoms with Crippen molar-refractivity contribution in [2.75, 3.05) is 6.61 Å². The molecule has 0 saturated heterocycles. The quantitative estimate of drug-likeness (QED) is 0.579. The van der Waals surface area contributed by atoms with Gasteiger partial charge in [0.05, 0.1) is 29.1 Å². The van der Waals surface area contributed by atoms with Gasteiger partial charge in [0.15, 0.2) is 5.65 Å². The van der Waals surface area contributed by atoms with E-state index in [9.17, 15) is 0 Å². The summed E-state index contributed by atoms with van der Waals surface area (Å²) >= 11 is 6.45. The molecule has 0 amide bonds. The summed E-state index contributed by atoms with van der Waals surface area (Å²) in [4.78, 5) is 25.6. The number of nitrogens with one attached hydrogen (secondary N) is 1. The standard InChI is InChI=1S/C18H17ClN6O/c1-3-11-15(19)14-17(23-11)24-13(25-18(14)26-4-2)8-10-9-21-12-6-5-7-20-16(12)22-10/h5-7,9H,3-4,8H2,1-2H3,(H,23,24,25). The summed E-state index contributed by atoms with van der Waals surface area (Å²) < 4.78 is 5.70. The molecule has 0 radical (unpaired) electrons. The number of ether oxygens (including phenoxy) is 1. The third kappa shape index (κ3) is 2.94. The van der Waals surface area contributed by atoms with Crippen LogP contribution in [0, 0.1) is 0 Å². The minimum Gasteiger partial charge on any atom is -0.477 e. The Kier molecular flexibility index (Phi) is 4.38. The van der Waals surface area contributed by atoms with E-state index in [0.29, 0.717) is 41.0 Å². The molecule has 0 aliphatic carbocycles. The van der Waals surface area contributed by atoms with E-state index < -0.39 is 0 Å². The molecule has 0 fully saturated rings. The SMILES string of the molecule is CCOc1nc(Cc2cnc3cccnc3n2)nc2[nH]c(CC)c(Cl)c12. The van der Waals surface area contributed by atoms with Gasteiger partial charge in [-0.15, -0.1) is 0 Å². The number of halogens is 1. The molecule has 1 N–H and O–H groups in total. The van der Waals surface area contributed by atoms with Crippen molar-refractivity contribution in [1.82, 2.24) is 29.9 Å². The van der Waals surface area contributed by atoms with Gasteiger partial charge in [-0.3, -0.25) is 4.98 Å². The van der Waals surface area contributed by atoms with E-state index >= 15 is 0 Å². The van der Waals surface area contributed by atoms with Crippen LogP contribution in [0.5, 0.6) is 5.88 Å². The lowest BCUT2D eigenvalue weighted by atomic mass is 10.2. The van der Waals surface area contributed by atoms with E-state index in [0.717, 1.165) is 28.7 Å². The lowest BCUT2D eigenvalue weighted by Crippen LogP contribution is -2.04. The number of aromatic nitrogens is 6. The van der Waals surface area contributed by atoms with Crippen LogP contribution in [-0.2, 0) is 12.8 Å². The van der Waals surface area contributed by atoms with E-state index in [4.69, 9.17) is 16.3 Å². The van der Waals surface area contributed by atoms with Crippen LogP contribution in [0.4, 0.5) is 0 Å². The van der Waals surface area contributed by atoms with E-state index in [1.54, 1.807) is 12.4 Å². The highest BCUT2D eigenvalue weighted by Crippen LogP contribution is 2.33. The zero-order valence-electron chi connectivity index (χ0n) is 14.5. The van der Waals surface area contributed by atoms with E-state index in [1.165, 1.54) is 0 Å². The number of rotatable bonds is 5. The Morgan fingerprint density at radius 2 is 2.04 bits per heavy atom. The van der Waals surface area contributed by atoms with E-state index in [1.807, 2.05) is 26.0 Å². The first-order valence-electron chi connectivity index (χ1n) is 8.46. The largest absolute Gasteiger partial charge is 0.477 e. The van der Waals surface area contributed by atoms with Crippen LogP contribution in [0.15, 0.2) is 24.5 Å². The molecule has 0 spiro atoms. The van der Waals surface area contributed by atoms with Crippen molar-refractivity contribution in [3.8, 4) is 5.88 Å². The Labute approximate surface area is 154 Å². The minimum absolute atomic E-state index is 0.424. The summed E-state index contributed by atoms with van der Waals surface area (Å²) in [5, 5.41) is 1.34. The van der Waals surface area contributed by atoms with Gasteiger partial charge in [0.1, 0.15) is 17.0 Å². The monoisotopic (exact) mass is 368 g/mol. The molecule has 0 aliphatic heterocycles. The fraction of sp³-hybridized carbons (Fsp3) is 0.278. The van der Waals surface area contributed by atoms with Crippen molar-refractivity contribution >= 4 is 33.8 Å². The van der Waals surface area contributed by atoms with E-state index in [-0.39, 0.29) is 0 Å². The van der Waals surface area contributed by atoms with Gasteiger partial charge < -0.3 is 9.72 Å². The van der Waals surface area contributed by atoms with Crippen molar-refractivity contribution in [3.05, 3.63) is 46.8 Å². The molecule has 4 aromatic rings. The highest BCUT2D eigenvalue weighted by Gasteiger charge is 2.18. The molecular weight excluding hydrogens is 352 g/mol. The van der Waals surface area contributed by atoms with Crippen molar-refractivity contribution in [2.45, 2.75) is 26.7 Å². The zero-order chi connectivity index (χ0) is 18.1. The molecule has 0 saturated carbocycles. The maximum absolute atomic E-state index is 6.45. The van der Waals surface area contributed by atoms with E-state index in [2.05, 4.69) is 29.9 Å². The van der Waals surface area contributed by atoms with Crippen LogP contribution in [-0.4, -0.2) is 36.5 Å². The lowest BCUT2D eigenvalue weighted by Gasteiger charge is -2.07. The normalized spacial score (nSPS) is 11.3. The number of aromatic amines is 1. The summed E-state index contributed by atoms with van der Waals surface area (Å²) in [6.45, 7) is 4.44. The smallest absolute Gasteiger partial charge is 0.227 e. The maximum Gasteiger partial charge on any atom is 0.227 e. The van der Waals surface area contributed by atoms with Crippen molar-refractivity contribution in [3.63, 3.8) is 0 Å². The molecule has 4 rings (SSSR count). The molecule has 0 aliphatic rings. The predicted molar refractivity (Wildman–Crippen MR) is 99.6 cm³/mol. The molecule has 4 heterocycles. The third-order valence-electron chi connectivity index (χ3n) is 4.02. The van der Waals surface area contributed by atoms with Crippen LogP contribution < -0.4 is 4.74 Å². The van der Waals surface area contributed by atoms with Crippen LogP contribution in [0.1, 0.15) is 31.1 Å². The van der Waals surface area contributed by atoms with Crippen molar-refractivity contribution < 1.29 is 4.74 Å². The summed E-state index contributed by atoms with van der Waals surface area (Å²) in [5.41, 5.74) is 3.70. The van der Waals surface area contributed by atoms with Crippen molar-refractivity contribution in [2.24, 2.45) is 0 Å². The molecule has 132 valence electrons. The number of pyridine rings is 1. The second-order valence-electron chi connectivity index (χ2n) is 5.76. The lowest BCUT2D eigenvalue weighted by molar-refractivity contribution is 0.330. The molecule has 4 aromatic heterocycles. The fourth-order valence-corrected chi connectivity index (χ4v) is 3.17. The van der Waals surface area contributed by atoms with Gasteiger partial charge in [0, 0.05) is 18.1 Å². The van der Waals surface area contributed by atoms with Gasteiger partial charge in [0.2, 0.25) is 5.88 Å². The molecule has 26 heavy (non-hydrogen) atoms. The highest BCUT2D eigenvalue weighted by atomic mass is 35.5. The number of nitrogens with zero attached hydrogens (tertiary/aromatic N) is 5. The first kappa shape index (κ1) is 16.7. The van der Waals surface area contributed by atoms with Crippen LogP contribution in [0.2, 0.25) is 5.02 Å². The Balaban J connectivity index is 1.77. The van der Waals surface area contributed by atoms with Gasteiger partial charge in [-0.2, -0.15) is 4.98 Å². The van der Waals surface area contributed by atoms with Crippen molar-refractivity contribution in [1.29, 1.82) is 0 Å². The average Bonchev–Trinajstić information content (AvgIpc) is 2.98. The topological polar surface area (TPSA) is 89.5 Å². The number of hydrogen-bond donors (Lipinski definition) is 1. The Bertz CT molecular complexity index is 1090. The third-order valence-corrected chi connectivity index (χ3v) is 4.44. The fourth-order valence-electron chi connectivity index (χ4n) is 2.82. The molecule has 7 nitrogen and oxygen atoms in total. The number of aryl methyl sites for hydroxylation is 1. The molecular formula is C18H17ClN6O. The number of hydrogen-bond acceptors (Lipinski definition) is 6. The van der Waals surface area contributed by atoms with Gasteiger partial charge in [-0.25, -0.2) is 15.0 Å². The Morgan fingerprint density at radius 1 is 1.15 bits per heavy atom. The predicted octanol–water partition coefficient (Wildman–Crippen LogP) is 3.50. The summed E-state index contributed by atoms with van der Waals surface area (Å²) in [7, 11) is 0. The van der Waals surface area contributed by atoms with Gasteiger partial charge in [0.25, 0.3) is 0 Å². The highest BCUT2D eigenvalue weighted by molar-refractivity contribution is 6.36. The van der Waals surface area contributed by atoms with Gasteiger partial charge in [-0.1, -0.05) is 18.5 Å². The summed E-state index contributed by atoms with van der Waals surface area (Å²) in [5.74, 6) is 1.08. The van der Waals surface area contributed by atoms with Gasteiger partial charge in [-0.05, 0) is 25.5 Å². The average molecular weight is 369 g/mol. The van der Waals surface area contributed by atoms with Crippen LogP contribution >= 0.6 is 11.6 Å². The molecule has 8 heteroatoms. The minimum atomic E-state index is 0.424. The second-order valence-corrected chi connectivity index (χ2v) is 6.13. The maximum atomic E-state index is 6.45. The summed E-state index contributed by atoms with van der Waals surface area (Å²) in [6, 6.07) is 3.71. The first-order chi connectivity index (χ1) is 12.7. The first-order valence-corrected chi connectivity index (χ1v) is 8.83. The second kappa shape index (κ2) is 6.84. The molecule has 0 unspecified atom stereocenters. The van der Waals surface area contributed by atoms with Crippen LogP contribution in [0.3, 0.4) is 0 Å². The Morgan fingerprint density at radius 3 is 2.85 bits per heavy atom. The van der Waals surface area contributed by atoms with Gasteiger partial charge >= 0.3 is 0 Å². The zero-order valence-corrected chi connectivity index (χ0v) is 15.2. The number of H-pyrrole nitrogens is 1. The number of fused-ring (bicyclic) bond motifs is 2. The molecule has 0 aromatic carbocycles. The van der Waals surface area contributed by atoms with Crippen LogP contribution in [0.25, 0.3) is 22.2 Å².